The molecule has 0 atom stereocenters. The quantitative estimate of drug-likeness (QED) is 0.750. The minimum atomic E-state index is 0.678. The van der Waals surface area contributed by atoms with E-state index in [1.54, 1.807) is 7.11 Å². The van der Waals surface area contributed by atoms with Gasteiger partial charge in [0.05, 0.1) is 18.5 Å². The van der Waals surface area contributed by atoms with Crippen LogP contribution < -0.4 is 10.1 Å². The highest BCUT2D eigenvalue weighted by atomic mass is 16.5. The van der Waals surface area contributed by atoms with Gasteiger partial charge in [-0.2, -0.15) is 0 Å². The van der Waals surface area contributed by atoms with Crippen molar-refractivity contribution in [1.82, 2.24) is 9.38 Å². The second kappa shape index (κ2) is 6.40. The summed E-state index contributed by atoms with van der Waals surface area (Å²) in [4.78, 5) is 4.70. The van der Waals surface area contributed by atoms with Gasteiger partial charge in [-0.25, -0.2) is 4.98 Å². The van der Waals surface area contributed by atoms with Crippen LogP contribution in [0.2, 0.25) is 0 Å². The Hall–Kier alpha value is -2.75. The van der Waals surface area contributed by atoms with Crippen LogP contribution in [0.3, 0.4) is 0 Å². The summed E-state index contributed by atoms with van der Waals surface area (Å²) in [6, 6.07) is 8.18. The molecular formula is C20H23N3O. The number of aromatic nitrogens is 2. The van der Waals surface area contributed by atoms with Crippen LogP contribution in [-0.2, 0) is 6.54 Å². The van der Waals surface area contributed by atoms with E-state index in [9.17, 15) is 0 Å². The highest BCUT2D eigenvalue weighted by Crippen LogP contribution is 2.26. The van der Waals surface area contributed by atoms with Gasteiger partial charge in [-0.05, 0) is 44.0 Å². The smallest absolute Gasteiger partial charge is 0.160 e. The van der Waals surface area contributed by atoms with Crippen LogP contribution in [0.1, 0.15) is 28.1 Å². The minimum absolute atomic E-state index is 0.678. The van der Waals surface area contributed by atoms with Crippen LogP contribution in [0.25, 0.3) is 11.7 Å². The molecule has 0 saturated heterocycles. The predicted molar refractivity (Wildman–Crippen MR) is 99.8 cm³/mol. The molecule has 3 aromatic rings. The van der Waals surface area contributed by atoms with Gasteiger partial charge < -0.3 is 14.5 Å². The van der Waals surface area contributed by atoms with Gasteiger partial charge in [-0.15, -0.1) is 0 Å². The molecule has 1 aromatic carbocycles. The third-order valence-corrected chi connectivity index (χ3v) is 4.50. The Bertz CT molecular complexity index is 909. The summed E-state index contributed by atoms with van der Waals surface area (Å²) in [5, 5.41) is 3.52. The Labute approximate surface area is 142 Å². The van der Waals surface area contributed by atoms with Crippen LogP contribution in [0.5, 0.6) is 5.75 Å². The summed E-state index contributed by atoms with van der Waals surface area (Å²) >= 11 is 0. The second-order valence-corrected chi connectivity index (χ2v) is 5.98. The maximum Gasteiger partial charge on any atom is 0.160 e. The predicted octanol–water partition coefficient (Wildman–Crippen LogP) is 4.52. The topological polar surface area (TPSA) is 38.6 Å². The van der Waals surface area contributed by atoms with Gasteiger partial charge in [0, 0.05) is 24.0 Å². The first kappa shape index (κ1) is 16.1. The standard InChI is InChI=1S/C20H23N3O/c1-6-16-10-18(20-22-14(3)15(4)23(20)12-16)21-11-17-13(2)8-7-9-19(17)24-5/h6-10,12,21H,1,11H2,2-5H3. The first-order valence-electron chi connectivity index (χ1n) is 8.03. The molecule has 0 aliphatic heterocycles. The fourth-order valence-electron chi connectivity index (χ4n) is 2.91. The number of ether oxygens (including phenoxy) is 1. The first-order valence-corrected chi connectivity index (χ1v) is 8.03. The number of benzene rings is 1. The maximum absolute atomic E-state index is 5.49. The molecule has 124 valence electrons. The Morgan fingerprint density at radius 3 is 2.79 bits per heavy atom. The summed E-state index contributed by atoms with van der Waals surface area (Å²) in [5.41, 5.74) is 7.52. The molecule has 4 nitrogen and oxygen atoms in total. The number of hydrogen-bond acceptors (Lipinski definition) is 3. The second-order valence-electron chi connectivity index (χ2n) is 5.98. The molecule has 0 aliphatic carbocycles. The number of nitrogens with one attached hydrogen (secondary N) is 1. The van der Waals surface area contributed by atoms with Gasteiger partial charge in [-0.3, -0.25) is 0 Å². The summed E-state index contributed by atoms with van der Waals surface area (Å²) < 4.78 is 7.61. The average Bonchev–Trinajstić information content (AvgIpc) is 2.88. The zero-order valence-electron chi connectivity index (χ0n) is 14.7. The van der Waals surface area contributed by atoms with Crippen LogP contribution >= 0.6 is 0 Å². The SMILES string of the molecule is C=Cc1cc(NCc2c(C)cccc2OC)c2nc(C)c(C)n2c1. The molecule has 4 heteroatoms. The van der Waals surface area contributed by atoms with Gasteiger partial charge in [0.1, 0.15) is 5.75 Å². The lowest BCUT2D eigenvalue weighted by Gasteiger charge is -2.14. The fourth-order valence-corrected chi connectivity index (χ4v) is 2.91. The molecule has 0 spiro atoms. The molecule has 0 bridgehead atoms. The van der Waals surface area contributed by atoms with Crippen molar-refractivity contribution in [1.29, 1.82) is 0 Å². The van der Waals surface area contributed by atoms with Crippen molar-refractivity contribution in [3.63, 3.8) is 0 Å². The van der Waals surface area contributed by atoms with Crippen LogP contribution in [0, 0.1) is 20.8 Å². The number of imidazole rings is 1. The van der Waals surface area contributed by atoms with Crippen molar-refractivity contribution in [2.45, 2.75) is 27.3 Å². The largest absolute Gasteiger partial charge is 0.496 e. The third kappa shape index (κ3) is 2.75. The normalized spacial score (nSPS) is 10.8. The molecule has 0 aliphatic rings. The summed E-state index contributed by atoms with van der Waals surface area (Å²) in [7, 11) is 1.70. The maximum atomic E-state index is 5.49. The van der Waals surface area contributed by atoms with Gasteiger partial charge in [-0.1, -0.05) is 24.8 Å². The molecule has 3 rings (SSSR count). The van der Waals surface area contributed by atoms with Crippen molar-refractivity contribution >= 4 is 17.4 Å². The van der Waals surface area contributed by atoms with Gasteiger partial charge in [0.15, 0.2) is 5.65 Å². The van der Waals surface area contributed by atoms with E-state index in [-0.39, 0.29) is 0 Å². The monoisotopic (exact) mass is 321 g/mol. The van der Waals surface area contributed by atoms with Crippen LogP contribution in [0.15, 0.2) is 37.0 Å². The van der Waals surface area contributed by atoms with E-state index in [0.29, 0.717) is 6.54 Å². The van der Waals surface area contributed by atoms with Gasteiger partial charge in [0.2, 0.25) is 0 Å². The molecule has 0 unspecified atom stereocenters. The van der Waals surface area contributed by atoms with Crippen molar-refractivity contribution in [3.8, 4) is 5.75 Å². The van der Waals surface area contributed by atoms with E-state index in [4.69, 9.17) is 9.72 Å². The van der Waals surface area contributed by atoms with E-state index in [1.165, 1.54) is 5.56 Å². The first-order chi connectivity index (χ1) is 11.5. The Morgan fingerprint density at radius 2 is 2.08 bits per heavy atom. The van der Waals surface area contributed by atoms with E-state index in [0.717, 1.165) is 39.6 Å². The summed E-state index contributed by atoms with van der Waals surface area (Å²) in [6.45, 7) is 10.8. The zero-order chi connectivity index (χ0) is 17.3. The number of fused-ring (bicyclic) bond motifs is 1. The molecular weight excluding hydrogens is 298 g/mol. The van der Waals surface area contributed by atoms with Crippen molar-refractivity contribution < 1.29 is 4.74 Å². The van der Waals surface area contributed by atoms with Crippen molar-refractivity contribution in [3.05, 3.63) is 65.1 Å². The molecule has 0 saturated carbocycles. The van der Waals surface area contributed by atoms with E-state index < -0.39 is 0 Å². The average molecular weight is 321 g/mol. The van der Waals surface area contributed by atoms with E-state index in [1.807, 2.05) is 25.1 Å². The summed E-state index contributed by atoms with van der Waals surface area (Å²) in [5.74, 6) is 0.897. The fraction of sp³-hybridized carbons (Fsp3) is 0.250. The molecule has 0 amide bonds. The Balaban J connectivity index is 2.02. The molecule has 1 N–H and O–H groups in total. The van der Waals surface area contributed by atoms with Crippen molar-refractivity contribution in [2.75, 3.05) is 12.4 Å². The number of methoxy groups -OCH3 is 1. The zero-order valence-corrected chi connectivity index (χ0v) is 14.7. The van der Waals surface area contributed by atoms with E-state index >= 15 is 0 Å². The molecule has 24 heavy (non-hydrogen) atoms. The van der Waals surface area contributed by atoms with Crippen molar-refractivity contribution in [2.24, 2.45) is 0 Å². The minimum Gasteiger partial charge on any atom is -0.496 e. The Morgan fingerprint density at radius 1 is 1.29 bits per heavy atom. The number of rotatable bonds is 5. The molecule has 2 heterocycles. The van der Waals surface area contributed by atoms with Crippen LogP contribution in [0.4, 0.5) is 5.69 Å². The number of hydrogen-bond donors (Lipinski definition) is 1. The number of pyridine rings is 1. The van der Waals surface area contributed by atoms with E-state index in [2.05, 4.69) is 48.5 Å². The van der Waals surface area contributed by atoms with Crippen LogP contribution in [-0.4, -0.2) is 16.5 Å². The summed E-state index contributed by atoms with van der Waals surface area (Å²) in [6.07, 6.45) is 3.92. The number of nitrogens with zero attached hydrogens (tertiary/aromatic N) is 2. The number of anilines is 1. The lowest BCUT2D eigenvalue weighted by atomic mass is 10.1. The lowest BCUT2D eigenvalue weighted by molar-refractivity contribution is 0.410. The highest BCUT2D eigenvalue weighted by molar-refractivity contribution is 5.72. The molecule has 2 aromatic heterocycles. The highest BCUT2D eigenvalue weighted by Gasteiger charge is 2.12. The number of aryl methyl sites for hydroxylation is 3. The lowest BCUT2D eigenvalue weighted by Crippen LogP contribution is -2.05. The Kier molecular flexibility index (Phi) is 4.30. The van der Waals surface area contributed by atoms with Gasteiger partial charge >= 0.3 is 0 Å². The molecule has 0 radical (unpaired) electrons. The molecule has 0 fully saturated rings. The van der Waals surface area contributed by atoms with Gasteiger partial charge in [0.25, 0.3) is 0 Å². The third-order valence-electron chi connectivity index (χ3n) is 4.50.